The average Bonchev–Trinajstić information content (AvgIpc) is 3.51. The van der Waals surface area contributed by atoms with Crippen LogP contribution < -0.4 is 29.1 Å². The van der Waals surface area contributed by atoms with Crippen LogP contribution in [0, 0.1) is 16.5 Å². The van der Waals surface area contributed by atoms with Crippen molar-refractivity contribution < 1.29 is 46.1 Å². The summed E-state index contributed by atoms with van der Waals surface area (Å²) < 4.78 is 71.3. The topological polar surface area (TPSA) is 168 Å². The summed E-state index contributed by atoms with van der Waals surface area (Å²) in [4.78, 5) is 33.2. The molecule has 1 aliphatic rings. The molecule has 2 heterocycles. The van der Waals surface area contributed by atoms with Gasteiger partial charge in [0.05, 0.1) is 39.8 Å². The lowest BCUT2D eigenvalue weighted by atomic mass is 9.62. The van der Waals surface area contributed by atoms with Crippen LogP contribution in [0.5, 0.6) is 17.4 Å². The van der Waals surface area contributed by atoms with Gasteiger partial charge in [0.2, 0.25) is 11.0 Å². The van der Waals surface area contributed by atoms with E-state index in [0.29, 0.717) is 47.8 Å². The Bertz CT molecular complexity index is 1930. The fraction of sp³-hybridized carbons (Fsp3) is 0.579. The molecule has 0 saturated heterocycles. The zero-order valence-electron chi connectivity index (χ0n) is 33.4. The third-order valence-corrected chi connectivity index (χ3v) is 12.1. The summed E-state index contributed by atoms with van der Waals surface area (Å²) in [7, 11) is -1.48. The fourth-order valence-electron chi connectivity index (χ4n) is 6.25. The molecule has 18 heteroatoms. The predicted octanol–water partition coefficient (Wildman–Crippen LogP) is 8.13. The Hall–Kier alpha value is -4.09. The van der Waals surface area contributed by atoms with E-state index in [0.717, 1.165) is 36.0 Å². The van der Waals surface area contributed by atoms with Crippen molar-refractivity contribution in [1.29, 1.82) is 0 Å². The third kappa shape index (κ3) is 12.5. The minimum atomic E-state index is -4.41. The maximum absolute atomic E-state index is 14.2. The summed E-state index contributed by atoms with van der Waals surface area (Å²) in [5.74, 6) is 0.579. The van der Waals surface area contributed by atoms with Crippen molar-refractivity contribution in [1.82, 2.24) is 20.6 Å². The van der Waals surface area contributed by atoms with Crippen molar-refractivity contribution in [2.45, 2.75) is 109 Å². The maximum atomic E-state index is 14.2. The van der Waals surface area contributed by atoms with Gasteiger partial charge in [-0.1, -0.05) is 29.4 Å². The van der Waals surface area contributed by atoms with Gasteiger partial charge in [-0.3, -0.25) is 0 Å². The molecule has 1 fully saturated rings. The molecule has 0 radical (unpaired) electrons. The third-order valence-electron chi connectivity index (χ3n) is 9.18. The number of benzene rings is 1. The number of ether oxygens (including phenoxy) is 5. The van der Waals surface area contributed by atoms with Crippen LogP contribution in [0.15, 0.2) is 41.6 Å². The summed E-state index contributed by atoms with van der Waals surface area (Å²) in [6.45, 7) is 12.8. The lowest BCUT2D eigenvalue weighted by Crippen LogP contribution is -2.46. The Kier molecular flexibility index (Phi) is 14.7. The molecule has 1 saturated carbocycles. The molecule has 0 bridgehead atoms. The first-order valence-electron chi connectivity index (χ1n) is 18.2. The van der Waals surface area contributed by atoms with Crippen molar-refractivity contribution in [3.63, 3.8) is 0 Å². The van der Waals surface area contributed by atoms with Crippen LogP contribution in [0.25, 0.3) is 0 Å². The molecule has 310 valence electrons. The number of halogens is 2. The first-order valence-corrected chi connectivity index (χ1v) is 20.9. The predicted molar refractivity (Wildman–Crippen MR) is 212 cm³/mol. The Balaban J connectivity index is 1.55. The smallest absolute Gasteiger partial charge is 0.407 e. The van der Waals surface area contributed by atoms with Gasteiger partial charge in [-0.05, 0) is 97.8 Å². The number of hydrogen-bond donors (Lipinski definition) is 2. The van der Waals surface area contributed by atoms with Crippen LogP contribution in [0.4, 0.5) is 19.1 Å². The SMILES string of the molecule is COc1ccc(CN(c2ncc(F)s2)S(=O)(=O)c2cnc(OCC(CC3(CCNC(=O)OC(C)(C)C)CCC3)[C@@H](C)NC(=O)OC(C)(C)C)c(Cl)c2)c(OC)c1. The Morgan fingerprint density at radius 1 is 1.02 bits per heavy atom. The lowest BCUT2D eigenvalue weighted by Gasteiger charge is -2.45. The second-order valence-electron chi connectivity index (χ2n) is 15.8. The first kappa shape index (κ1) is 44.6. The van der Waals surface area contributed by atoms with Gasteiger partial charge in [-0.25, -0.2) is 32.3 Å². The number of carbonyl (C=O) groups excluding carboxylic acids is 2. The molecule has 1 aliphatic carbocycles. The van der Waals surface area contributed by atoms with E-state index in [1.54, 1.807) is 59.7 Å². The Labute approximate surface area is 337 Å². The number of nitrogens with zero attached hydrogens (tertiary/aromatic N) is 3. The lowest BCUT2D eigenvalue weighted by molar-refractivity contribution is 0.0333. The number of hydrogen-bond acceptors (Lipinski definition) is 12. The van der Waals surface area contributed by atoms with Gasteiger partial charge in [0.25, 0.3) is 10.0 Å². The van der Waals surface area contributed by atoms with Crippen LogP contribution in [0.2, 0.25) is 5.02 Å². The fourth-order valence-corrected chi connectivity index (χ4v) is 8.76. The van der Waals surface area contributed by atoms with E-state index >= 15 is 0 Å². The number of aromatic nitrogens is 2. The van der Waals surface area contributed by atoms with E-state index in [1.807, 2.05) is 6.92 Å². The Morgan fingerprint density at radius 2 is 1.70 bits per heavy atom. The van der Waals surface area contributed by atoms with Gasteiger partial charge in [-0.2, -0.15) is 4.39 Å². The molecule has 2 aromatic heterocycles. The van der Waals surface area contributed by atoms with Crippen molar-refractivity contribution >= 4 is 50.3 Å². The largest absolute Gasteiger partial charge is 0.497 e. The second-order valence-corrected chi connectivity index (χ2v) is 19.1. The van der Waals surface area contributed by atoms with E-state index in [4.69, 9.17) is 35.3 Å². The number of carbonyl (C=O) groups is 2. The number of nitrogens with one attached hydrogen (secondary N) is 2. The van der Waals surface area contributed by atoms with Gasteiger partial charge in [0, 0.05) is 30.1 Å². The molecule has 2 atom stereocenters. The normalized spacial score (nSPS) is 15.1. The van der Waals surface area contributed by atoms with Crippen molar-refractivity contribution in [2.75, 3.05) is 31.7 Å². The van der Waals surface area contributed by atoms with E-state index in [-0.39, 0.29) is 45.4 Å². The Morgan fingerprint density at radius 3 is 2.25 bits per heavy atom. The number of methoxy groups -OCH3 is 2. The van der Waals surface area contributed by atoms with Crippen molar-refractivity contribution in [2.24, 2.45) is 11.3 Å². The number of anilines is 1. The highest BCUT2D eigenvalue weighted by molar-refractivity contribution is 7.93. The molecular formula is C38H53ClFN5O9S2. The van der Waals surface area contributed by atoms with Crippen LogP contribution in [0.3, 0.4) is 0 Å². The van der Waals surface area contributed by atoms with Crippen LogP contribution in [0.1, 0.15) is 86.1 Å². The summed E-state index contributed by atoms with van der Waals surface area (Å²) in [6.07, 6.45) is 5.19. The minimum absolute atomic E-state index is 0.0157. The molecule has 1 aromatic carbocycles. The summed E-state index contributed by atoms with van der Waals surface area (Å²) in [5, 5.41) is 4.92. The van der Waals surface area contributed by atoms with Gasteiger partial charge >= 0.3 is 12.2 Å². The molecule has 0 aliphatic heterocycles. The number of rotatable bonds is 17. The number of sulfonamides is 1. The summed E-state index contributed by atoms with van der Waals surface area (Å²) >= 11 is 7.21. The molecular weight excluding hydrogens is 789 g/mol. The second kappa shape index (κ2) is 18.4. The van der Waals surface area contributed by atoms with Crippen LogP contribution in [-0.2, 0) is 26.0 Å². The van der Waals surface area contributed by atoms with E-state index in [2.05, 4.69) is 20.6 Å². The first-order chi connectivity index (χ1) is 26.1. The quantitative estimate of drug-likeness (QED) is 0.135. The van der Waals surface area contributed by atoms with Gasteiger partial charge in [0.1, 0.15) is 32.6 Å². The number of amides is 2. The highest BCUT2D eigenvalue weighted by atomic mass is 35.5. The van der Waals surface area contributed by atoms with Gasteiger partial charge < -0.3 is 34.3 Å². The van der Waals surface area contributed by atoms with E-state index in [9.17, 15) is 22.4 Å². The molecule has 1 unspecified atom stereocenters. The average molecular weight is 842 g/mol. The summed E-state index contributed by atoms with van der Waals surface area (Å²) in [6, 6.07) is 5.71. The van der Waals surface area contributed by atoms with Crippen LogP contribution in [-0.4, -0.2) is 75.2 Å². The van der Waals surface area contributed by atoms with Crippen LogP contribution >= 0.6 is 22.9 Å². The standard InChI is InChI=1S/C38H53ClFN5O9S2/c1-24(44-35(47)54-37(5,6)7)26(19-38(13-10-14-38)15-16-41-34(46)53-36(2,3)4)23-52-32-29(39)18-28(20-42-32)56(48,49)45(33-43-21-31(40)55-33)22-25-11-12-27(50-8)17-30(25)51-9/h11-12,17-18,20-21,24,26H,10,13-16,19,22-23H2,1-9H3,(H,41,46)(H,44,47)/t24-,26?/m1/s1. The molecule has 2 amide bonds. The highest BCUT2D eigenvalue weighted by Gasteiger charge is 2.41. The number of alkyl carbamates (subject to hydrolysis) is 2. The summed E-state index contributed by atoms with van der Waals surface area (Å²) in [5.41, 5.74) is -0.987. The van der Waals surface area contributed by atoms with Gasteiger partial charge in [0.15, 0.2) is 5.13 Å². The highest BCUT2D eigenvalue weighted by Crippen LogP contribution is 2.49. The van der Waals surface area contributed by atoms with E-state index < -0.39 is 44.6 Å². The number of pyridine rings is 1. The zero-order chi connectivity index (χ0) is 41.5. The molecule has 3 aromatic rings. The molecule has 56 heavy (non-hydrogen) atoms. The molecule has 4 rings (SSSR count). The molecule has 14 nitrogen and oxygen atoms in total. The number of thiazole rings is 1. The maximum Gasteiger partial charge on any atom is 0.407 e. The van der Waals surface area contributed by atoms with E-state index in [1.165, 1.54) is 20.3 Å². The van der Waals surface area contributed by atoms with Crippen molar-refractivity contribution in [3.05, 3.63) is 52.4 Å². The minimum Gasteiger partial charge on any atom is -0.497 e. The molecule has 0 spiro atoms. The zero-order valence-corrected chi connectivity index (χ0v) is 35.8. The van der Waals surface area contributed by atoms with Crippen molar-refractivity contribution in [3.8, 4) is 17.4 Å². The molecule has 2 N–H and O–H groups in total. The van der Waals surface area contributed by atoms with Gasteiger partial charge in [-0.15, -0.1) is 0 Å². The monoisotopic (exact) mass is 841 g/mol.